The Morgan fingerprint density at radius 1 is 1.14 bits per heavy atom. The average Bonchev–Trinajstić information content (AvgIpc) is 2.91. The highest BCUT2D eigenvalue weighted by molar-refractivity contribution is 5.17. The van der Waals surface area contributed by atoms with E-state index in [9.17, 15) is 0 Å². The molecule has 0 bridgehead atoms. The van der Waals surface area contributed by atoms with Crippen molar-refractivity contribution in [1.29, 1.82) is 0 Å². The van der Waals surface area contributed by atoms with Crippen molar-refractivity contribution in [3.63, 3.8) is 0 Å². The summed E-state index contributed by atoms with van der Waals surface area (Å²) in [4.78, 5) is 2.31. The standard InChI is InChI=1S/C18H26N2O/c1-15(2)19-13-17-10-12-21-18(17)14-20(3)11-9-16-7-5-4-6-8-16/h4-8,10,12,15,19H,9,11,13-14H2,1-3H3. The van der Waals surface area contributed by atoms with Gasteiger partial charge in [0.1, 0.15) is 5.76 Å². The average molecular weight is 286 g/mol. The molecule has 0 aliphatic heterocycles. The van der Waals surface area contributed by atoms with Gasteiger partial charge in [-0.2, -0.15) is 0 Å². The first kappa shape index (κ1) is 15.8. The highest BCUT2D eigenvalue weighted by atomic mass is 16.3. The lowest BCUT2D eigenvalue weighted by molar-refractivity contribution is 0.296. The monoisotopic (exact) mass is 286 g/mol. The Balaban J connectivity index is 1.82. The van der Waals surface area contributed by atoms with Crippen molar-refractivity contribution < 1.29 is 4.42 Å². The van der Waals surface area contributed by atoms with Crippen LogP contribution in [-0.4, -0.2) is 24.5 Å². The van der Waals surface area contributed by atoms with Crippen molar-refractivity contribution >= 4 is 0 Å². The maximum atomic E-state index is 5.64. The molecule has 2 aromatic rings. The summed E-state index contributed by atoms with van der Waals surface area (Å²) >= 11 is 0. The second-order valence-electron chi connectivity index (χ2n) is 5.88. The van der Waals surface area contributed by atoms with Crippen LogP contribution in [0.15, 0.2) is 47.1 Å². The summed E-state index contributed by atoms with van der Waals surface area (Å²) in [6, 6.07) is 13.2. The van der Waals surface area contributed by atoms with E-state index in [1.165, 1.54) is 11.1 Å². The Morgan fingerprint density at radius 3 is 2.62 bits per heavy atom. The smallest absolute Gasteiger partial charge is 0.122 e. The highest BCUT2D eigenvalue weighted by Gasteiger charge is 2.09. The third kappa shape index (κ3) is 5.37. The predicted octanol–water partition coefficient (Wildman–Crippen LogP) is 3.45. The van der Waals surface area contributed by atoms with Crippen molar-refractivity contribution in [2.75, 3.05) is 13.6 Å². The van der Waals surface area contributed by atoms with Gasteiger partial charge in [-0.25, -0.2) is 0 Å². The van der Waals surface area contributed by atoms with Crippen molar-refractivity contribution in [2.24, 2.45) is 0 Å². The molecule has 0 fully saturated rings. The molecule has 0 saturated heterocycles. The molecule has 1 N–H and O–H groups in total. The predicted molar refractivity (Wildman–Crippen MR) is 87.2 cm³/mol. The minimum absolute atomic E-state index is 0.489. The number of hydrogen-bond acceptors (Lipinski definition) is 3. The van der Waals surface area contributed by atoms with Gasteiger partial charge in [0, 0.05) is 24.7 Å². The van der Waals surface area contributed by atoms with E-state index in [1.807, 2.05) is 0 Å². The summed E-state index contributed by atoms with van der Waals surface area (Å²) in [7, 11) is 2.14. The summed E-state index contributed by atoms with van der Waals surface area (Å²) in [6.45, 7) is 7.07. The molecule has 21 heavy (non-hydrogen) atoms. The summed E-state index contributed by atoms with van der Waals surface area (Å²) in [5.74, 6) is 1.07. The lowest BCUT2D eigenvalue weighted by Gasteiger charge is -2.16. The van der Waals surface area contributed by atoms with Crippen LogP contribution in [0.1, 0.15) is 30.7 Å². The summed E-state index contributed by atoms with van der Waals surface area (Å²) in [6.07, 6.45) is 2.86. The molecule has 0 aliphatic carbocycles. The first-order valence-corrected chi connectivity index (χ1v) is 7.66. The zero-order valence-electron chi connectivity index (χ0n) is 13.3. The molecule has 2 rings (SSSR count). The molecule has 0 saturated carbocycles. The Kier molecular flexibility index (Phi) is 6.03. The number of nitrogens with one attached hydrogen (secondary N) is 1. The topological polar surface area (TPSA) is 28.4 Å². The van der Waals surface area contributed by atoms with Crippen LogP contribution in [0.4, 0.5) is 0 Å². The molecular weight excluding hydrogens is 260 g/mol. The van der Waals surface area contributed by atoms with Crippen LogP contribution in [0.3, 0.4) is 0 Å². The lowest BCUT2D eigenvalue weighted by Crippen LogP contribution is -2.24. The molecule has 3 nitrogen and oxygen atoms in total. The molecule has 0 unspecified atom stereocenters. The van der Waals surface area contributed by atoms with Gasteiger partial charge in [-0.05, 0) is 25.1 Å². The van der Waals surface area contributed by atoms with Crippen molar-refractivity contribution in [3.8, 4) is 0 Å². The minimum Gasteiger partial charge on any atom is -0.468 e. The summed E-state index contributed by atoms with van der Waals surface area (Å²) in [5.41, 5.74) is 2.64. The number of rotatable bonds is 8. The molecular formula is C18H26N2O. The second-order valence-corrected chi connectivity index (χ2v) is 5.88. The lowest BCUT2D eigenvalue weighted by atomic mass is 10.1. The van der Waals surface area contributed by atoms with Gasteiger partial charge in [0.15, 0.2) is 0 Å². The molecule has 1 aromatic carbocycles. The normalized spacial score (nSPS) is 11.5. The fourth-order valence-corrected chi connectivity index (χ4v) is 2.27. The summed E-state index contributed by atoms with van der Waals surface area (Å²) < 4.78 is 5.64. The Morgan fingerprint density at radius 2 is 1.90 bits per heavy atom. The van der Waals surface area contributed by atoms with E-state index in [2.05, 4.69) is 67.5 Å². The molecule has 1 heterocycles. The van der Waals surface area contributed by atoms with E-state index in [4.69, 9.17) is 4.42 Å². The van der Waals surface area contributed by atoms with Gasteiger partial charge < -0.3 is 9.73 Å². The van der Waals surface area contributed by atoms with Crippen LogP contribution >= 0.6 is 0 Å². The van der Waals surface area contributed by atoms with Gasteiger partial charge in [0.25, 0.3) is 0 Å². The molecule has 114 valence electrons. The van der Waals surface area contributed by atoms with Crippen molar-refractivity contribution in [1.82, 2.24) is 10.2 Å². The van der Waals surface area contributed by atoms with Gasteiger partial charge in [-0.1, -0.05) is 44.2 Å². The van der Waals surface area contributed by atoms with Crippen LogP contribution in [0, 0.1) is 0 Å². The van der Waals surface area contributed by atoms with E-state index < -0.39 is 0 Å². The van der Waals surface area contributed by atoms with Gasteiger partial charge >= 0.3 is 0 Å². The van der Waals surface area contributed by atoms with Gasteiger partial charge in [-0.3, -0.25) is 4.90 Å². The highest BCUT2D eigenvalue weighted by Crippen LogP contribution is 2.13. The molecule has 0 amide bonds. The van der Waals surface area contributed by atoms with Crippen molar-refractivity contribution in [2.45, 2.75) is 39.4 Å². The summed E-state index contributed by atoms with van der Waals surface area (Å²) in [5, 5.41) is 3.44. The zero-order chi connectivity index (χ0) is 15.1. The number of nitrogens with zero attached hydrogens (tertiary/aromatic N) is 1. The number of hydrogen-bond donors (Lipinski definition) is 1. The fourth-order valence-electron chi connectivity index (χ4n) is 2.27. The maximum Gasteiger partial charge on any atom is 0.122 e. The third-order valence-corrected chi connectivity index (χ3v) is 3.58. The van der Waals surface area contributed by atoms with Crippen LogP contribution in [0.5, 0.6) is 0 Å². The largest absolute Gasteiger partial charge is 0.468 e. The number of likely N-dealkylation sites (N-methyl/N-ethyl adjacent to an activating group) is 1. The molecule has 0 aliphatic rings. The van der Waals surface area contributed by atoms with E-state index in [0.717, 1.165) is 31.8 Å². The van der Waals surface area contributed by atoms with Crippen LogP contribution in [0.2, 0.25) is 0 Å². The Hall–Kier alpha value is -1.58. The van der Waals surface area contributed by atoms with Gasteiger partial charge in [0.2, 0.25) is 0 Å². The van der Waals surface area contributed by atoms with Gasteiger partial charge in [0.05, 0.1) is 12.8 Å². The molecule has 0 radical (unpaired) electrons. The van der Waals surface area contributed by atoms with Crippen LogP contribution < -0.4 is 5.32 Å². The van der Waals surface area contributed by atoms with Crippen LogP contribution in [0.25, 0.3) is 0 Å². The van der Waals surface area contributed by atoms with Crippen molar-refractivity contribution in [3.05, 3.63) is 59.5 Å². The maximum absolute atomic E-state index is 5.64. The quantitative estimate of drug-likeness (QED) is 0.805. The molecule has 0 atom stereocenters. The first-order valence-electron chi connectivity index (χ1n) is 7.66. The molecule has 3 heteroatoms. The SMILES string of the molecule is CC(C)NCc1ccoc1CN(C)CCc1ccccc1. The Labute approximate surface area is 128 Å². The molecule has 1 aromatic heterocycles. The van der Waals surface area contributed by atoms with E-state index >= 15 is 0 Å². The first-order chi connectivity index (χ1) is 10.1. The van der Waals surface area contributed by atoms with E-state index in [-0.39, 0.29) is 0 Å². The zero-order valence-corrected chi connectivity index (χ0v) is 13.3. The van der Waals surface area contributed by atoms with Crippen LogP contribution in [-0.2, 0) is 19.5 Å². The van der Waals surface area contributed by atoms with Gasteiger partial charge in [-0.15, -0.1) is 0 Å². The third-order valence-electron chi connectivity index (χ3n) is 3.58. The Bertz CT molecular complexity index is 519. The van der Waals surface area contributed by atoms with E-state index in [1.54, 1.807) is 6.26 Å². The van der Waals surface area contributed by atoms with E-state index in [0.29, 0.717) is 6.04 Å². The number of benzene rings is 1. The number of furan rings is 1. The fraction of sp³-hybridized carbons (Fsp3) is 0.444. The second kappa shape index (κ2) is 8.01. The minimum atomic E-state index is 0.489. The molecule has 0 spiro atoms.